The molecule has 1 heterocycles. The minimum Gasteiger partial charge on any atom is -0.456 e. The maximum absolute atomic E-state index is 12.6. The third kappa shape index (κ3) is 6.70. The molecule has 0 saturated carbocycles. The van der Waals surface area contributed by atoms with Crippen LogP contribution in [0.1, 0.15) is 17.5 Å². The second kappa shape index (κ2) is 9.43. The lowest BCUT2D eigenvalue weighted by Gasteiger charge is -2.10. The van der Waals surface area contributed by atoms with Crippen molar-refractivity contribution >= 4 is 39.1 Å². The Hall–Kier alpha value is -2.66. The highest BCUT2D eigenvalue weighted by Gasteiger charge is 2.31. The highest BCUT2D eigenvalue weighted by Crippen LogP contribution is 2.32. The number of ether oxygens (including phenoxy) is 1. The van der Waals surface area contributed by atoms with Crippen LogP contribution in [0.2, 0.25) is 5.02 Å². The second-order valence-electron chi connectivity index (χ2n) is 6.14. The van der Waals surface area contributed by atoms with Crippen LogP contribution in [-0.4, -0.2) is 37.6 Å². The highest BCUT2D eigenvalue weighted by molar-refractivity contribution is 7.91. The number of hydrogen-bond acceptors (Lipinski definition) is 6. The number of nitrogens with one attached hydrogen (secondary N) is 1. The van der Waals surface area contributed by atoms with Crippen molar-refractivity contribution in [3.8, 4) is 0 Å². The zero-order valence-electron chi connectivity index (χ0n) is 15.5. The Kier molecular flexibility index (Phi) is 7.43. The molecular formula is C18H16ClF3N2O5S. The summed E-state index contributed by atoms with van der Waals surface area (Å²) in [6.07, 6.45) is -4.64. The van der Waals surface area contributed by atoms with Crippen molar-refractivity contribution < 1.29 is 35.9 Å². The van der Waals surface area contributed by atoms with E-state index in [2.05, 4.69) is 15.0 Å². The van der Waals surface area contributed by atoms with Gasteiger partial charge in [-0.05, 0) is 25.1 Å². The fourth-order valence-electron chi connectivity index (χ4n) is 2.15. The van der Waals surface area contributed by atoms with E-state index in [-0.39, 0.29) is 10.7 Å². The topological polar surface area (TPSA) is 102 Å². The van der Waals surface area contributed by atoms with Gasteiger partial charge in [0.2, 0.25) is 0 Å². The van der Waals surface area contributed by atoms with Crippen molar-refractivity contribution in [3.05, 3.63) is 52.7 Å². The second-order valence-corrected chi connectivity index (χ2v) is 8.66. The summed E-state index contributed by atoms with van der Waals surface area (Å²) in [4.78, 5) is 27.0. The van der Waals surface area contributed by atoms with E-state index in [1.165, 1.54) is 12.1 Å². The maximum atomic E-state index is 12.6. The van der Waals surface area contributed by atoms with Crippen LogP contribution < -0.4 is 5.32 Å². The summed E-state index contributed by atoms with van der Waals surface area (Å²) in [5.74, 6) is -2.69. The lowest BCUT2D eigenvalue weighted by atomic mass is 10.2. The lowest BCUT2D eigenvalue weighted by Crippen LogP contribution is -2.23. The van der Waals surface area contributed by atoms with Gasteiger partial charge in [-0.15, -0.1) is 0 Å². The number of hydrogen-bond donors (Lipinski definition) is 1. The van der Waals surface area contributed by atoms with Gasteiger partial charge in [0.05, 0.1) is 27.7 Å². The van der Waals surface area contributed by atoms with Crippen LogP contribution in [0.3, 0.4) is 0 Å². The number of sulfone groups is 1. The van der Waals surface area contributed by atoms with E-state index < -0.39 is 57.3 Å². The molecule has 0 aliphatic heterocycles. The molecule has 2 rings (SSSR count). The van der Waals surface area contributed by atoms with Crippen LogP contribution in [-0.2, 0) is 30.3 Å². The van der Waals surface area contributed by atoms with Crippen LogP contribution >= 0.6 is 11.6 Å². The molecule has 7 nitrogen and oxygen atoms in total. The van der Waals surface area contributed by atoms with E-state index in [4.69, 9.17) is 11.6 Å². The fourth-order valence-corrected chi connectivity index (χ4v) is 3.59. The van der Waals surface area contributed by atoms with Crippen molar-refractivity contribution in [2.45, 2.75) is 24.4 Å². The van der Waals surface area contributed by atoms with E-state index in [9.17, 15) is 31.2 Å². The molecule has 12 heteroatoms. The molecule has 0 atom stereocenters. The summed E-state index contributed by atoms with van der Waals surface area (Å²) < 4.78 is 66.7. The molecule has 0 radical (unpaired) electrons. The zero-order chi connectivity index (χ0) is 22.5. The smallest absolute Gasteiger partial charge is 0.417 e. The molecule has 0 fully saturated rings. The Morgan fingerprint density at radius 2 is 1.83 bits per heavy atom. The van der Waals surface area contributed by atoms with Crippen LogP contribution in [0, 0.1) is 6.92 Å². The van der Waals surface area contributed by atoms with E-state index >= 15 is 0 Å². The molecule has 30 heavy (non-hydrogen) atoms. The predicted molar refractivity (Wildman–Crippen MR) is 102 cm³/mol. The van der Waals surface area contributed by atoms with Gasteiger partial charge in [-0.3, -0.25) is 9.59 Å². The number of halogens is 4. The molecule has 0 unspecified atom stereocenters. The first-order valence-corrected chi connectivity index (χ1v) is 10.4. The Labute approximate surface area is 175 Å². The van der Waals surface area contributed by atoms with Crippen LogP contribution in [0.25, 0.3) is 0 Å². The van der Waals surface area contributed by atoms with E-state index in [0.717, 1.165) is 5.56 Å². The molecule has 0 bridgehead atoms. The third-order valence-electron chi connectivity index (χ3n) is 3.75. The van der Waals surface area contributed by atoms with Crippen LogP contribution in [0.4, 0.5) is 19.0 Å². The average molecular weight is 465 g/mol. The molecule has 0 aliphatic rings. The minimum atomic E-state index is -4.65. The molecule has 2 aromatic rings. The maximum Gasteiger partial charge on any atom is 0.417 e. The molecule has 0 spiro atoms. The largest absolute Gasteiger partial charge is 0.456 e. The van der Waals surface area contributed by atoms with Crippen molar-refractivity contribution in [1.82, 2.24) is 4.98 Å². The number of carbonyl (C=O) groups excluding carboxylic acids is 2. The van der Waals surface area contributed by atoms with Crippen LogP contribution in [0.15, 0.2) is 41.4 Å². The Morgan fingerprint density at radius 1 is 1.20 bits per heavy atom. The number of aryl methyl sites for hydroxylation is 1. The van der Waals surface area contributed by atoms with Crippen molar-refractivity contribution in [2.75, 3.05) is 17.7 Å². The van der Waals surface area contributed by atoms with Gasteiger partial charge in [0.15, 0.2) is 22.3 Å². The molecule has 1 amide bonds. The number of alkyl halides is 3. The van der Waals surface area contributed by atoms with Gasteiger partial charge in [-0.2, -0.15) is 13.2 Å². The number of anilines is 1. The normalized spacial score (nSPS) is 11.8. The molecule has 1 aromatic heterocycles. The summed E-state index contributed by atoms with van der Waals surface area (Å²) in [6.45, 7) is 1.01. The van der Waals surface area contributed by atoms with Crippen molar-refractivity contribution in [3.63, 3.8) is 0 Å². The first-order valence-electron chi connectivity index (χ1n) is 8.36. The average Bonchev–Trinajstić information content (AvgIpc) is 2.66. The van der Waals surface area contributed by atoms with Gasteiger partial charge in [-0.25, -0.2) is 13.4 Å². The first kappa shape index (κ1) is 23.6. The van der Waals surface area contributed by atoms with Gasteiger partial charge in [0.25, 0.3) is 5.91 Å². The Bertz CT molecular complexity index is 1040. The first-order chi connectivity index (χ1) is 13.9. The third-order valence-corrected chi connectivity index (χ3v) is 5.77. The lowest BCUT2D eigenvalue weighted by molar-refractivity contribution is -0.146. The molecule has 0 aliphatic carbocycles. The Morgan fingerprint density at radius 3 is 2.40 bits per heavy atom. The quantitative estimate of drug-likeness (QED) is 0.630. The van der Waals surface area contributed by atoms with Crippen LogP contribution in [0.5, 0.6) is 0 Å². The number of aromatic nitrogens is 1. The standard InChI is InChI=1S/C18H16ClF3N2O5S/c1-11-2-4-13(5-3-11)30(27,28)7-6-16(26)29-10-15(25)24-17-14(19)8-12(9-23-17)18(20,21)22/h2-5,8-9H,6-7,10H2,1H3,(H,23,24,25). The highest BCUT2D eigenvalue weighted by atomic mass is 35.5. The van der Waals surface area contributed by atoms with E-state index in [0.29, 0.717) is 12.3 Å². The summed E-state index contributed by atoms with van der Waals surface area (Å²) in [5, 5.41) is 1.65. The summed E-state index contributed by atoms with van der Waals surface area (Å²) in [7, 11) is -3.70. The minimum absolute atomic E-state index is 0.0571. The molecule has 1 aromatic carbocycles. The van der Waals surface area contributed by atoms with Gasteiger partial charge >= 0.3 is 12.1 Å². The number of rotatable bonds is 7. The number of nitrogens with zero attached hydrogens (tertiary/aromatic N) is 1. The van der Waals surface area contributed by atoms with Gasteiger partial charge in [0, 0.05) is 6.20 Å². The Balaban J connectivity index is 1.85. The van der Waals surface area contributed by atoms with Crippen molar-refractivity contribution in [1.29, 1.82) is 0 Å². The monoisotopic (exact) mass is 464 g/mol. The zero-order valence-corrected chi connectivity index (χ0v) is 17.1. The molecule has 0 saturated heterocycles. The summed E-state index contributed by atoms with van der Waals surface area (Å²) >= 11 is 5.66. The molecule has 162 valence electrons. The van der Waals surface area contributed by atoms with Gasteiger partial charge in [-0.1, -0.05) is 29.3 Å². The fraction of sp³-hybridized carbons (Fsp3) is 0.278. The van der Waals surface area contributed by atoms with E-state index in [1.54, 1.807) is 19.1 Å². The molecule has 1 N–H and O–H groups in total. The van der Waals surface area contributed by atoms with Gasteiger partial charge < -0.3 is 10.1 Å². The SMILES string of the molecule is Cc1ccc(S(=O)(=O)CCC(=O)OCC(=O)Nc2ncc(C(F)(F)F)cc2Cl)cc1. The van der Waals surface area contributed by atoms with E-state index in [1.807, 2.05) is 0 Å². The molecular weight excluding hydrogens is 449 g/mol. The number of pyridine rings is 1. The predicted octanol–water partition coefficient (Wildman–Crippen LogP) is 3.41. The summed E-state index contributed by atoms with van der Waals surface area (Å²) in [5.41, 5.74) is -0.214. The number of benzene rings is 1. The van der Waals surface area contributed by atoms with Gasteiger partial charge in [0.1, 0.15) is 0 Å². The number of amides is 1. The number of esters is 1. The van der Waals surface area contributed by atoms with Crippen molar-refractivity contribution in [2.24, 2.45) is 0 Å². The summed E-state index contributed by atoms with van der Waals surface area (Å²) in [6, 6.07) is 6.67. The number of carbonyl (C=O) groups is 2.